The van der Waals surface area contributed by atoms with E-state index in [1.165, 1.54) is 28.7 Å². The van der Waals surface area contributed by atoms with Crippen LogP contribution in [-0.4, -0.2) is 32.4 Å². The Balaban J connectivity index is 2.14. The fraction of sp³-hybridized carbons (Fsp3) is 0.208. The van der Waals surface area contributed by atoms with Crippen LogP contribution in [0.3, 0.4) is 0 Å². The number of pyridine rings is 2. The second-order valence-electron chi connectivity index (χ2n) is 7.69. The van der Waals surface area contributed by atoms with Crippen LogP contribution in [0.4, 0.5) is 0 Å². The van der Waals surface area contributed by atoms with Gasteiger partial charge in [0.25, 0.3) is 11.5 Å². The van der Waals surface area contributed by atoms with Gasteiger partial charge in [0.15, 0.2) is 5.49 Å². The van der Waals surface area contributed by atoms with Crippen molar-refractivity contribution in [1.29, 1.82) is 0 Å². The topological polar surface area (TPSA) is 95.0 Å². The minimum Gasteiger partial charge on any atom is -0.462 e. The van der Waals surface area contributed by atoms with Crippen LogP contribution in [0.15, 0.2) is 58.4 Å². The van der Waals surface area contributed by atoms with E-state index in [0.717, 1.165) is 0 Å². The molecule has 34 heavy (non-hydrogen) atoms. The third-order valence-electron chi connectivity index (χ3n) is 5.12. The van der Waals surface area contributed by atoms with Gasteiger partial charge in [-0.3, -0.25) is 14.0 Å². The van der Waals surface area contributed by atoms with Crippen LogP contribution >= 0.6 is 23.2 Å². The summed E-state index contributed by atoms with van der Waals surface area (Å²) in [5, 5.41) is 0.683. The molecule has 0 aliphatic carbocycles. The van der Waals surface area contributed by atoms with Crippen LogP contribution in [0, 0.1) is 0 Å². The molecule has 174 valence electrons. The van der Waals surface area contributed by atoms with E-state index in [1.807, 2.05) is 13.8 Å². The van der Waals surface area contributed by atoms with Crippen molar-refractivity contribution < 1.29 is 14.3 Å². The number of hydrogen-bond donors (Lipinski definition) is 0. The Morgan fingerprint density at radius 3 is 2.56 bits per heavy atom. The summed E-state index contributed by atoms with van der Waals surface area (Å²) in [6.45, 7) is 5.43. The van der Waals surface area contributed by atoms with Gasteiger partial charge >= 0.3 is 5.97 Å². The zero-order chi connectivity index (χ0) is 24.6. The molecule has 0 bridgehead atoms. The van der Waals surface area contributed by atoms with E-state index >= 15 is 0 Å². The van der Waals surface area contributed by atoms with Crippen molar-refractivity contribution in [2.45, 2.75) is 26.8 Å². The molecule has 0 saturated heterocycles. The Morgan fingerprint density at radius 2 is 1.88 bits per heavy atom. The number of ether oxygens (including phenoxy) is 1. The average molecular weight is 499 g/mol. The van der Waals surface area contributed by atoms with Crippen molar-refractivity contribution in [3.8, 4) is 0 Å². The number of rotatable bonds is 4. The van der Waals surface area contributed by atoms with Crippen LogP contribution < -0.4 is 11.0 Å². The number of nitrogens with zero attached hydrogens (tertiary/aromatic N) is 4. The standard InChI is InChI=1S/C24H20Cl2N4O4/c1-4-34-24(33)17-12-16-20(27-19-7-5-6-10-29(19)23(16)32)30(13(2)3)21(17)28-22(31)15-9-8-14(25)11-18(15)26/h5-13H,4H2,1-3H3. The fourth-order valence-electron chi connectivity index (χ4n) is 3.62. The number of esters is 1. The second-order valence-corrected chi connectivity index (χ2v) is 8.53. The number of carbonyl (C=O) groups is 2. The molecule has 0 N–H and O–H groups in total. The first-order valence-electron chi connectivity index (χ1n) is 10.5. The smallest absolute Gasteiger partial charge is 0.341 e. The van der Waals surface area contributed by atoms with Gasteiger partial charge in [0.1, 0.15) is 16.9 Å². The first-order chi connectivity index (χ1) is 16.2. The van der Waals surface area contributed by atoms with E-state index in [2.05, 4.69) is 9.98 Å². The van der Waals surface area contributed by atoms with E-state index in [0.29, 0.717) is 10.7 Å². The number of benzene rings is 1. The Morgan fingerprint density at radius 1 is 1.12 bits per heavy atom. The van der Waals surface area contributed by atoms with Gasteiger partial charge in [-0.15, -0.1) is 0 Å². The lowest BCUT2D eigenvalue weighted by molar-refractivity contribution is 0.0523. The molecule has 0 aliphatic rings. The van der Waals surface area contributed by atoms with Gasteiger partial charge in [0.2, 0.25) is 0 Å². The maximum absolute atomic E-state index is 13.3. The lowest BCUT2D eigenvalue weighted by Crippen LogP contribution is -2.33. The molecule has 10 heteroatoms. The predicted molar refractivity (Wildman–Crippen MR) is 130 cm³/mol. The molecule has 3 aromatic heterocycles. The van der Waals surface area contributed by atoms with Crippen molar-refractivity contribution in [3.63, 3.8) is 0 Å². The molecule has 0 fully saturated rings. The van der Waals surface area contributed by atoms with Crippen molar-refractivity contribution in [2.75, 3.05) is 6.61 Å². The highest BCUT2D eigenvalue weighted by atomic mass is 35.5. The van der Waals surface area contributed by atoms with Crippen LogP contribution in [0.25, 0.3) is 16.7 Å². The zero-order valence-corrected chi connectivity index (χ0v) is 20.1. The van der Waals surface area contributed by atoms with E-state index < -0.39 is 11.9 Å². The highest BCUT2D eigenvalue weighted by Gasteiger charge is 2.22. The first kappa shape index (κ1) is 23.7. The molecule has 1 amide bonds. The molecule has 0 spiro atoms. The normalized spacial score (nSPS) is 12.0. The average Bonchev–Trinajstić information content (AvgIpc) is 2.78. The minimum absolute atomic E-state index is 0.0177. The van der Waals surface area contributed by atoms with Crippen molar-refractivity contribution in [1.82, 2.24) is 14.0 Å². The third-order valence-corrected chi connectivity index (χ3v) is 5.66. The minimum atomic E-state index is -0.717. The molecule has 0 aliphatic heterocycles. The number of amides is 1. The Labute approximate surface area is 204 Å². The third kappa shape index (κ3) is 4.22. The van der Waals surface area contributed by atoms with Crippen LogP contribution in [-0.2, 0) is 4.74 Å². The van der Waals surface area contributed by atoms with Crippen LogP contribution in [0.1, 0.15) is 47.5 Å². The monoisotopic (exact) mass is 498 g/mol. The van der Waals surface area contributed by atoms with E-state index in [9.17, 15) is 14.4 Å². The summed E-state index contributed by atoms with van der Waals surface area (Å²) in [5.74, 6) is -1.40. The highest BCUT2D eigenvalue weighted by Crippen LogP contribution is 2.22. The summed E-state index contributed by atoms with van der Waals surface area (Å²) >= 11 is 12.2. The molecule has 4 rings (SSSR count). The van der Waals surface area contributed by atoms with Crippen molar-refractivity contribution >= 4 is 51.8 Å². The van der Waals surface area contributed by atoms with Gasteiger partial charge in [-0.1, -0.05) is 29.3 Å². The van der Waals surface area contributed by atoms with Gasteiger partial charge in [-0.05, 0) is 57.2 Å². The summed E-state index contributed by atoms with van der Waals surface area (Å²) in [6.07, 6.45) is 1.60. The maximum Gasteiger partial charge on any atom is 0.341 e. The molecular weight excluding hydrogens is 479 g/mol. The maximum atomic E-state index is 13.3. The van der Waals surface area contributed by atoms with Crippen molar-refractivity contribution in [2.24, 2.45) is 4.99 Å². The van der Waals surface area contributed by atoms with Gasteiger partial charge in [0, 0.05) is 17.3 Å². The SMILES string of the molecule is CCOC(=O)c1cc2c(=O)n3ccccc3nc2n(C(C)C)c1=NC(=O)c1ccc(Cl)cc1Cl. The first-order valence-corrected chi connectivity index (χ1v) is 11.3. The zero-order valence-electron chi connectivity index (χ0n) is 18.6. The fourth-order valence-corrected chi connectivity index (χ4v) is 4.11. The van der Waals surface area contributed by atoms with E-state index in [4.69, 9.17) is 27.9 Å². The van der Waals surface area contributed by atoms with Crippen molar-refractivity contribution in [3.05, 3.63) is 85.7 Å². The molecule has 8 nitrogen and oxygen atoms in total. The molecule has 1 aromatic carbocycles. The molecular formula is C24H20Cl2N4O4. The van der Waals surface area contributed by atoms with E-state index in [1.54, 1.807) is 35.9 Å². The Bertz CT molecular complexity index is 1590. The molecule has 0 saturated carbocycles. The summed E-state index contributed by atoms with van der Waals surface area (Å²) in [4.78, 5) is 48.2. The predicted octanol–water partition coefficient (Wildman–Crippen LogP) is 4.45. The molecule has 0 radical (unpaired) electrons. The Hall–Kier alpha value is -3.49. The summed E-state index contributed by atoms with van der Waals surface area (Å²) in [6, 6.07) is 10.6. The Kier molecular flexibility index (Phi) is 6.54. The highest BCUT2D eigenvalue weighted by molar-refractivity contribution is 6.36. The summed E-state index contributed by atoms with van der Waals surface area (Å²) in [7, 11) is 0. The largest absolute Gasteiger partial charge is 0.462 e. The van der Waals surface area contributed by atoms with Gasteiger partial charge in [-0.25, -0.2) is 9.78 Å². The van der Waals surface area contributed by atoms with E-state index in [-0.39, 0.29) is 50.9 Å². The number of carbonyl (C=O) groups excluding carboxylic acids is 2. The number of aromatic nitrogens is 3. The number of fused-ring (bicyclic) bond motifs is 2. The van der Waals surface area contributed by atoms with Gasteiger partial charge in [-0.2, -0.15) is 4.99 Å². The van der Waals surface area contributed by atoms with Crippen LogP contribution in [0.2, 0.25) is 10.0 Å². The van der Waals surface area contributed by atoms with Crippen LogP contribution in [0.5, 0.6) is 0 Å². The van der Waals surface area contributed by atoms with Gasteiger partial charge < -0.3 is 9.30 Å². The molecule has 0 atom stereocenters. The molecule has 3 heterocycles. The molecule has 0 unspecified atom stereocenters. The second kappa shape index (κ2) is 9.40. The molecule has 4 aromatic rings. The lowest BCUT2D eigenvalue weighted by Gasteiger charge is -2.17. The van der Waals surface area contributed by atoms with Gasteiger partial charge in [0.05, 0.1) is 22.6 Å². The summed E-state index contributed by atoms with van der Waals surface area (Å²) in [5.41, 5.74) is 0.437. The quantitative estimate of drug-likeness (QED) is 0.305. The lowest BCUT2D eigenvalue weighted by atomic mass is 10.1. The summed E-state index contributed by atoms with van der Waals surface area (Å²) < 4.78 is 8.18. The number of hydrogen-bond acceptors (Lipinski definition) is 5. The number of halogens is 2.